The zero-order valence-electron chi connectivity index (χ0n) is 16.1. The summed E-state index contributed by atoms with van der Waals surface area (Å²) in [5, 5.41) is 6.72. The minimum atomic E-state index is 0.604. The van der Waals surface area contributed by atoms with Gasteiger partial charge in [-0.3, -0.25) is 4.99 Å². The number of hydrogen-bond acceptors (Lipinski definition) is 3. The molecule has 0 aliphatic rings. The van der Waals surface area contributed by atoms with Crippen LogP contribution in [0.3, 0.4) is 0 Å². The smallest absolute Gasteiger partial charge is 0.191 e. The maximum atomic E-state index is 5.63. The van der Waals surface area contributed by atoms with Crippen LogP contribution in [0.4, 0.5) is 0 Å². The van der Waals surface area contributed by atoms with Gasteiger partial charge in [-0.2, -0.15) is 0 Å². The average Bonchev–Trinajstić information content (AvgIpc) is 2.68. The van der Waals surface area contributed by atoms with Gasteiger partial charge in [0, 0.05) is 20.1 Å². The van der Waals surface area contributed by atoms with Gasteiger partial charge in [-0.25, -0.2) is 0 Å². The lowest BCUT2D eigenvalue weighted by molar-refractivity contribution is 0.310. The van der Waals surface area contributed by atoms with Crippen LogP contribution in [0.15, 0.2) is 47.5 Å². The van der Waals surface area contributed by atoms with Crippen molar-refractivity contribution in [1.82, 2.24) is 10.6 Å². The standard InChI is InChI=1S/C21H29N3O2/c1-5-17-9-7-8-10-18(17)15-24-21(22-3)23-14-16-11-12-19(25-4)20(13-16)26-6-2/h7-13H,5-6,14-15H2,1-4H3,(H2,22,23,24). The third kappa shape index (κ3) is 5.41. The van der Waals surface area contributed by atoms with Crippen LogP contribution in [-0.4, -0.2) is 26.7 Å². The van der Waals surface area contributed by atoms with Gasteiger partial charge in [0.2, 0.25) is 0 Å². The van der Waals surface area contributed by atoms with Crippen molar-refractivity contribution < 1.29 is 9.47 Å². The van der Waals surface area contributed by atoms with E-state index in [1.54, 1.807) is 14.2 Å². The summed E-state index contributed by atoms with van der Waals surface area (Å²) in [6.07, 6.45) is 1.02. The lowest BCUT2D eigenvalue weighted by Crippen LogP contribution is -2.36. The fourth-order valence-corrected chi connectivity index (χ4v) is 2.76. The molecule has 0 aliphatic carbocycles. The zero-order chi connectivity index (χ0) is 18.8. The molecule has 0 unspecified atom stereocenters. The Morgan fingerprint density at radius 1 is 0.962 bits per heavy atom. The molecule has 2 N–H and O–H groups in total. The molecule has 0 bridgehead atoms. The third-order valence-corrected chi connectivity index (χ3v) is 4.16. The molecule has 0 atom stereocenters. The van der Waals surface area contributed by atoms with Gasteiger partial charge in [-0.15, -0.1) is 0 Å². The normalized spacial score (nSPS) is 11.2. The molecule has 0 spiro atoms. The highest BCUT2D eigenvalue weighted by Gasteiger charge is 2.06. The molecule has 0 saturated heterocycles. The summed E-state index contributed by atoms with van der Waals surface area (Å²) in [6.45, 7) is 6.14. The average molecular weight is 355 g/mol. The van der Waals surface area contributed by atoms with E-state index in [0.717, 1.165) is 36.0 Å². The first kappa shape index (κ1) is 19.6. The molecule has 5 heteroatoms. The van der Waals surface area contributed by atoms with Crippen LogP contribution in [0.1, 0.15) is 30.5 Å². The summed E-state index contributed by atoms with van der Waals surface area (Å²) in [7, 11) is 3.43. The van der Waals surface area contributed by atoms with Gasteiger partial charge in [0.15, 0.2) is 17.5 Å². The third-order valence-electron chi connectivity index (χ3n) is 4.16. The fourth-order valence-electron chi connectivity index (χ4n) is 2.76. The summed E-state index contributed by atoms with van der Waals surface area (Å²) in [4.78, 5) is 4.30. The van der Waals surface area contributed by atoms with E-state index in [-0.39, 0.29) is 0 Å². The summed E-state index contributed by atoms with van der Waals surface area (Å²) in [5.41, 5.74) is 3.75. The van der Waals surface area contributed by atoms with Crippen LogP contribution < -0.4 is 20.1 Å². The Morgan fingerprint density at radius 2 is 1.69 bits per heavy atom. The Morgan fingerprint density at radius 3 is 2.35 bits per heavy atom. The molecule has 2 rings (SSSR count). The van der Waals surface area contributed by atoms with Crippen molar-refractivity contribution >= 4 is 5.96 Å². The number of benzene rings is 2. The number of aryl methyl sites for hydroxylation is 1. The molecular formula is C21H29N3O2. The number of ether oxygens (including phenoxy) is 2. The van der Waals surface area contributed by atoms with E-state index in [1.165, 1.54) is 11.1 Å². The lowest BCUT2D eigenvalue weighted by Gasteiger charge is -2.15. The zero-order valence-corrected chi connectivity index (χ0v) is 16.1. The topological polar surface area (TPSA) is 54.9 Å². The molecule has 140 valence electrons. The van der Waals surface area contributed by atoms with Crippen molar-refractivity contribution in [2.45, 2.75) is 33.4 Å². The second-order valence-corrected chi connectivity index (χ2v) is 5.82. The van der Waals surface area contributed by atoms with Gasteiger partial charge in [-0.05, 0) is 42.2 Å². The molecule has 26 heavy (non-hydrogen) atoms. The van der Waals surface area contributed by atoms with Crippen LogP contribution in [0.25, 0.3) is 0 Å². The van der Waals surface area contributed by atoms with E-state index < -0.39 is 0 Å². The van der Waals surface area contributed by atoms with E-state index >= 15 is 0 Å². The highest BCUT2D eigenvalue weighted by Crippen LogP contribution is 2.27. The second-order valence-electron chi connectivity index (χ2n) is 5.82. The maximum absolute atomic E-state index is 5.63. The SMILES string of the molecule is CCOc1cc(CNC(=NC)NCc2ccccc2CC)ccc1OC. The Labute approximate surface area is 156 Å². The number of nitrogens with one attached hydrogen (secondary N) is 2. The van der Waals surface area contributed by atoms with E-state index in [2.05, 4.69) is 46.8 Å². The summed E-state index contributed by atoms with van der Waals surface area (Å²) in [5.74, 6) is 2.27. The van der Waals surface area contributed by atoms with Gasteiger partial charge < -0.3 is 20.1 Å². The summed E-state index contributed by atoms with van der Waals surface area (Å²) >= 11 is 0. The Bertz CT molecular complexity index is 729. The molecule has 0 fully saturated rings. The fraction of sp³-hybridized carbons (Fsp3) is 0.381. The van der Waals surface area contributed by atoms with Gasteiger partial charge in [0.25, 0.3) is 0 Å². The molecule has 2 aromatic rings. The Kier molecular flexibility index (Phi) is 7.80. The molecule has 0 radical (unpaired) electrons. The molecule has 0 heterocycles. The van der Waals surface area contributed by atoms with Crippen molar-refractivity contribution in [3.8, 4) is 11.5 Å². The van der Waals surface area contributed by atoms with Crippen molar-refractivity contribution in [2.24, 2.45) is 4.99 Å². The lowest BCUT2D eigenvalue weighted by atomic mass is 10.1. The number of guanidine groups is 1. The Balaban J connectivity index is 1.95. The molecule has 0 saturated carbocycles. The van der Waals surface area contributed by atoms with Gasteiger partial charge in [-0.1, -0.05) is 37.3 Å². The van der Waals surface area contributed by atoms with E-state index in [1.807, 2.05) is 25.1 Å². The van der Waals surface area contributed by atoms with Crippen molar-refractivity contribution in [3.05, 3.63) is 59.2 Å². The Hall–Kier alpha value is -2.69. The quantitative estimate of drug-likeness (QED) is 0.562. The summed E-state index contributed by atoms with van der Waals surface area (Å²) < 4.78 is 11.0. The molecule has 0 amide bonds. The van der Waals surface area contributed by atoms with Crippen molar-refractivity contribution in [2.75, 3.05) is 20.8 Å². The van der Waals surface area contributed by atoms with Crippen LogP contribution >= 0.6 is 0 Å². The first-order chi connectivity index (χ1) is 12.7. The van der Waals surface area contributed by atoms with Crippen LogP contribution in [0, 0.1) is 0 Å². The van der Waals surface area contributed by atoms with Crippen LogP contribution in [0.5, 0.6) is 11.5 Å². The van der Waals surface area contributed by atoms with Crippen molar-refractivity contribution in [3.63, 3.8) is 0 Å². The summed E-state index contributed by atoms with van der Waals surface area (Å²) in [6, 6.07) is 14.4. The molecule has 0 aliphatic heterocycles. The second kappa shape index (κ2) is 10.3. The van der Waals surface area contributed by atoms with E-state index in [0.29, 0.717) is 13.2 Å². The molecule has 2 aromatic carbocycles. The number of nitrogens with zero attached hydrogens (tertiary/aromatic N) is 1. The predicted molar refractivity (Wildman–Crippen MR) is 107 cm³/mol. The van der Waals surface area contributed by atoms with E-state index in [4.69, 9.17) is 9.47 Å². The highest BCUT2D eigenvalue weighted by molar-refractivity contribution is 5.79. The maximum Gasteiger partial charge on any atom is 0.191 e. The predicted octanol–water partition coefficient (Wildman–Crippen LogP) is 3.52. The largest absolute Gasteiger partial charge is 0.493 e. The first-order valence-electron chi connectivity index (χ1n) is 9.02. The number of methoxy groups -OCH3 is 1. The monoisotopic (exact) mass is 355 g/mol. The minimum Gasteiger partial charge on any atom is -0.493 e. The van der Waals surface area contributed by atoms with E-state index in [9.17, 15) is 0 Å². The number of aliphatic imine (C=N–C) groups is 1. The number of rotatable bonds is 8. The van der Waals surface area contributed by atoms with Crippen molar-refractivity contribution in [1.29, 1.82) is 0 Å². The van der Waals surface area contributed by atoms with Gasteiger partial charge in [0.05, 0.1) is 13.7 Å². The van der Waals surface area contributed by atoms with Gasteiger partial charge in [0.1, 0.15) is 0 Å². The van der Waals surface area contributed by atoms with Gasteiger partial charge >= 0.3 is 0 Å². The molecule has 0 aromatic heterocycles. The van der Waals surface area contributed by atoms with Crippen LogP contribution in [0.2, 0.25) is 0 Å². The molecule has 5 nitrogen and oxygen atoms in total. The molecular weight excluding hydrogens is 326 g/mol. The van der Waals surface area contributed by atoms with Crippen LogP contribution in [-0.2, 0) is 19.5 Å². The minimum absolute atomic E-state index is 0.604. The highest BCUT2D eigenvalue weighted by atomic mass is 16.5. The number of hydrogen-bond donors (Lipinski definition) is 2. The first-order valence-corrected chi connectivity index (χ1v) is 9.02.